The van der Waals surface area contributed by atoms with Gasteiger partial charge in [-0.25, -0.2) is 8.42 Å². The first-order chi connectivity index (χ1) is 12.4. The molecule has 1 saturated heterocycles. The molecule has 3 rings (SSSR count). The zero-order chi connectivity index (χ0) is 18.7. The number of carbonyl (C=O) groups excluding carboxylic acids is 1. The molecule has 1 amide bonds. The predicted octanol–water partition coefficient (Wildman–Crippen LogP) is 0.962. The van der Waals surface area contributed by atoms with E-state index in [9.17, 15) is 13.2 Å². The van der Waals surface area contributed by atoms with Crippen LogP contribution in [0.1, 0.15) is 32.3 Å². The average Bonchev–Trinajstić information content (AvgIpc) is 2.89. The number of benzene rings is 1. The number of piperidine rings is 1. The van der Waals surface area contributed by atoms with Gasteiger partial charge in [0.05, 0.1) is 4.90 Å². The van der Waals surface area contributed by atoms with Gasteiger partial charge in [0.25, 0.3) is 10.0 Å². The lowest BCUT2D eigenvalue weighted by Gasteiger charge is -2.34. The van der Waals surface area contributed by atoms with Crippen LogP contribution in [0.15, 0.2) is 34.2 Å². The quantitative estimate of drug-likeness (QED) is 0.799. The Morgan fingerprint density at radius 3 is 2.77 bits per heavy atom. The number of hydrogen-bond donors (Lipinski definition) is 2. The fraction of sp³-hybridized carbons (Fsp3) is 0.556. The number of carbonyl (C=O) groups is 1. The minimum Gasteiger partial charge on any atom is -0.353 e. The van der Waals surface area contributed by atoms with Crippen LogP contribution in [0.4, 0.5) is 0 Å². The summed E-state index contributed by atoms with van der Waals surface area (Å²) in [6.45, 7) is 7.00. The number of fused-ring (bicyclic) bond motifs is 1. The average molecular weight is 378 g/mol. The van der Waals surface area contributed by atoms with Crippen molar-refractivity contribution in [2.45, 2.75) is 37.6 Å². The van der Waals surface area contributed by atoms with Gasteiger partial charge < -0.3 is 5.32 Å². The van der Waals surface area contributed by atoms with Gasteiger partial charge in [-0.15, -0.1) is 0 Å². The lowest BCUT2D eigenvalue weighted by molar-refractivity contribution is -0.119. The largest absolute Gasteiger partial charge is 0.353 e. The number of nitrogens with zero attached hydrogens (tertiary/aromatic N) is 2. The molecule has 2 heterocycles. The third-order valence-corrected chi connectivity index (χ3v) is 6.48. The zero-order valence-corrected chi connectivity index (χ0v) is 16.1. The van der Waals surface area contributed by atoms with E-state index in [1.807, 2.05) is 0 Å². The molecule has 0 aromatic heterocycles. The molecule has 0 spiro atoms. The Balaban J connectivity index is 1.52. The smallest absolute Gasteiger partial charge is 0.263 e. The van der Waals surface area contributed by atoms with Gasteiger partial charge in [0.1, 0.15) is 12.4 Å². The molecule has 142 valence electrons. The Bertz CT molecular complexity index is 798. The highest BCUT2D eigenvalue weighted by atomic mass is 32.2. The van der Waals surface area contributed by atoms with Crippen molar-refractivity contribution in [1.82, 2.24) is 14.9 Å². The molecule has 0 bridgehead atoms. The van der Waals surface area contributed by atoms with Crippen LogP contribution >= 0.6 is 0 Å². The summed E-state index contributed by atoms with van der Waals surface area (Å²) in [6.07, 6.45) is 2.40. The van der Waals surface area contributed by atoms with Crippen molar-refractivity contribution in [2.24, 2.45) is 10.9 Å². The molecule has 2 aliphatic rings. The summed E-state index contributed by atoms with van der Waals surface area (Å²) in [5, 5.41) is 2.89. The van der Waals surface area contributed by atoms with Crippen molar-refractivity contribution in [3.63, 3.8) is 0 Å². The number of aliphatic imine (C=N–C) groups is 1. The second-order valence-electron chi connectivity index (χ2n) is 7.14. The Hall–Kier alpha value is -1.93. The number of rotatable bonds is 5. The van der Waals surface area contributed by atoms with Gasteiger partial charge in [0.2, 0.25) is 5.91 Å². The van der Waals surface area contributed by atoms with Gasteiger partial charge in [0, 0.05) is 18.2 Å². The molecule has 1 atom stereocenters. The highest BCUT2D eigenvalue weighted by Crippen LogP contribution is 2.22. The standard InChI is InChI=1S/C18H26N4O3S/c1-13-7-9-22(10-8-13)14(2)11-19-17(23)12-20-18-15-5-3-4-6-16(15)26(24,25)21-18/h3-6,13-14H,7-12H2,1-2H3,(H,19,23)(H,20,21). The summed E-state index contributed by atoms with van der Waals surface area (Å²) in [5.74, 6) is 0.800. The Morgan fingerprint density at radius 2 is 2.04 bits per heavy atom. The molecule has 1 aromatic carbocycles. The van der Waals surface area contributed by atoms with E-state index in [0.717, 1.165) is 19.0 Å². The van der Waals surface area contributed by atoms with Gasteiger partial charge in [-0.05, 0) is 50.9 Å². The van der Waals surface area contributed by atoms with E-state index in [-0.39, 0.29) is 29.2 Å². The maximum Gasteiger partial charge on any atom is 0.263 e. The van der Waals surface area contributed by atoms with E-state index in [2.05, 4.69) is 33.8 Å². The Labute approximate surface area is 154 Å². The lowest BCUT2D eigenvalue weighted by atomic mass is 9.98. The third-order valence-electron chi connectivity index (χ3n) is 5.08. The van der Waals surface area contributed by atoms with Crippen molar-refractivity contribution in [2.75, 3.05) is 26.2 Å². The number of nitrogens with one attached hydrogen (secondary N) is 2. The van der Waals surface area contributed by atoms with Crippen molar-refractivity contribution in [1.29, 1.82) is 0 Å². The van der Waals surface area contributed by atoms with Gasteiger partial charge in [0.15, 0.2) is 0 Å². The summed E-state index contributed by atoms with van der Waals surface area (Å²) >= 11 is 0. The lowest BCUT2D eigenvalue weighted by Crippen LogP contribution is -2.46. The van der Waals surface area contributed by atoms with Crippen LogP contribution in [0.2, 0.25) is 0 Å². The molecular formula is C18H26N4O3S. The second kappa shape index (κ2) is 7.75. The van der Waals surface area contributed by atoms with Crippen LogP contribution in [-0.4, -0.2) is 57.3 Å². The van der Waals surface area contributed by atoms with Crippen molar-refractivity contribution >= 4 is 21.8 Å². The topological polar surface area (TPSA) is 90.9 Å². The number of amidine groups is 1. The van der Waals surface area contributed by atoms with Crippen LogP contribution in [0.25, 0.3) is 0 Å². The third kappa shape index (κ3) is 4.24. The summed E-state index contributed by atoms with van der Waals surface area (Å²) < 4.78 is 26.5. The minimum atomic E-state index is -3.57. The van der Waals surface area contributed by atoms with Crippen LogP contribution in [0.3, 0.4) is 0 Å². The van der Waals surface area contributed by atoms with Gasteiger partial charge in [-0.3, -0.25) is 19.4 Å². The van der Waals surface area contributed by atoms with Gasteiger partial charge in [-0.1, -0.05) is 19.1 Å². The number of likely N-dealkylation sites (tertiary alicyclic amines) is 1. The van der Waals surface area contributed by atoms with Crippen molar-refractivity contribution < 1.29 is 13.2 Å². The fourth-order valence-corrected chi connectivity index (χ4v) is 4.57. The van der Waals surface area contributed by atoms with Crippen LogP contribution in [0, 0.1) is 5.92 Å². The molecule has 7 nitrogen and oxygen atoms in total. The first-order valence-electron chi connectivity index (χ1n) is 9.04. The molecule has 8 heteroatoms. The number of amides is 1. The monoisotopic (exact) mass is 378 g/mol. The van der Waals surface area contributed by atoms with Gasteiger partial charge >= 0.3 is 0 Å². The zero-order valence-electron chi connectivity index (χ0n) is 15.2. The first kappa shape index (κ1) is 18.8. The Morgan fingerprint density at radius 1 is 1.35 bits per heavy atom. The SMILES string of the molecule is CC1CCN(C(C)CNC(=O)CN=C2NS(=O)(=O)c3ccccc32)CC1. The van der Waals surface area contributed by atoms with Crippen LogP contribution in [-0.2, 0) is 14.8 Å². The summed E-state index contributed by atoms with van der Waals surface area (Å²) in [5.41, 5.74) is 0.510. The molecular weight excluding hydrogens is 352 g/mol. The summed E-state index contributed by atoms with van der Waals surface area (Å²) in [4.78, 5) is 18.9. The van der Waals surface area contributed by atoms with E-state index in [0.29, 0.717) is 12.1 Å². The molecule has 0 radical (unpaired) electrons. The van der Waals surface area contributed by atoms with Crippen LogP contribution in [0.5, 0.6) is 0 Å². The highest BCUT2D eigenvalue weighted by molar-refractivity contribution is 7.90. The van der Waals surface area contributed by atoms with E-state index >= 15 is 0 Å². The molecule has 2 aliphatic heterocycles. The fourth-order valence-electron chi connectivity index (χ4n) is 3.32. The molecule has 1 unspecified atom stereocenters. The molecule has 2 N–H and O–H groups in total. The highest BCUT2D eigenvalue weighted by Gasteiger charge is 2.30. The van der Waals surface area contributed by atoms with Crippen LogP contribution < -0.4 is 10.0 Å². The molecule has 0 aliphatic carbocycles. The minimum absolute atomic E-state index is 0.101. The normalized spacial score (nSPS) is 22.6. The summed E-state index contributed by atoms with van der Waals surface area (Å²) in [6, 6.07) is 6.91. The summed E-state index contributed by atoms with van der Waals surface area (Å²) in [7, 11) is -3.57. The van der Waals surface area contributed by atoms with E-state index in [1.54, 1.807) is 18.2 Å². The Kier molecular flexibility index (Phi) is 5.62. The maximum absolute atomic E-state index is 12.1. The molecule has 26 heavy (non-hydrogen) atoms. The van der Waals surface area contributed by atoms with Crippen molar-refractivity contribution in [3.05, 3.63) is 29.8 Å². The maximum atomic E-state index is 12.1. The van der Waals surface area contributed by atoms with Gasteiger partial charge in [-0.2, -0.15) is 0 Å². The molecule has 0 saturated carbocycles. The second-order valence-corrected chi connectivity index (χ2v) is 8.79. The van der Waals surface area contributed by atoms with E-state index in [1.165, 1.54) is 18.9 Å². The number of hydrogen-bond acceptors (Lipinski definition) is 5. The van der Waals surface area contributed by atoms with E-state index < -0.39 is 10.0 Å². The molecule has 1 aromatic rings. The van der Waals surface area contributed by atoms with Crippen molar-refractivity contribution in [3.8, 4) is 0 Å². The number of sulfonamides is 1. The first-order valence-corrected chi connectivity index (χ1v) is 10.5. The van der Waals surface area contributed by atoms with E-state index in [4.69, 9.17) is 0 Å². The molecule has 1 fully saturated rings. The predicted molar refractivity (Wildman–Crippen MR) is 101 cm³/mol.